The van der Waals surface area contributed by atoms with Crippen molar-refractivity contribution in [2.24, 2.45) is 0 Å². The largest absolute Gasteiger partial charge is 0.302 e. The second-order valence-corrected chi connectivity index (χ2v) is 6.40. The van der Waals surface area contributed by atoms with Gasteiger partial charge in [0, 0.05) is 17.5 Å². The number of amides is 1. The van der Waals surface area contributed by atoms with Gasteiger partial charge in [0.25, 0.3) is 0 Å². The van der Waals surface area contributed by atoms with Crippen LogP contribution in [0.2, 0.25) is 0 Å². The Morgan fingerprint density at radius 3 is 2.17 bits per heavy atom. The van der Waals surface area contributed by atoms with Crippen molar-refractivity contribution in [2.45, 2.75) is 38.1 Å². The van der Waals surface area contributed by atoms with E-state index in [2.05, 4.69) is 6.92 Å². The summed E-state index contributed by atoms with van der Waals surface area (Å²) in [4.78, 5) is 27.0. The molecule has 0 bridgehead atoms. The normalized spacial score (nSPS) is 11.8. The molecule has 0 aliphatic rings. The molecule has 4 heteroatoms. The van der Waals surface area contributed by atoms with Crippen molar-refractivity contribution in [3.8, 4) is 0 Å². The Hall–Kier alpha value is -2.07. The molecule has 0 fully saturated rings. The maximum absolute atomic E-state index is 12.5. The molecular formula is C19H21NO2S. The first-order valence-corrected chi connectivity index (χ1v) is 8.50. The van der Waals surface area contributed by atoms with E-state index in [0.717, 1.165) is 17.0 Å². The van der Waals surface area contributed by atoms with Crippen LogP contribution in [0.1, 0.15) is 26.3 Å². The van der Waals surface area contributed by atoms with E-state index in [9.17, 15) is 9.59 Å². The first-order valence-electron chi connectivity index (χ1n) is 7.68. The fourth-order valence-electron chi connectivity index (χ4n) is 2.37. The van der Waals surface area contributed by atoms with Gasteiger partial charge in [0.15, 0.2) is 0 Å². The van der Waals surface area contributed by atoms with Gasteiger partial charge in [0.05, 0.1) is 0 Å². The van der Waals surface area contributed by atoms with Crippen LogP contribution in [0.5, 0.6) is 0 Å². The van der Waals surface area contributed by atoms with E-state index in [-0.39, 0.29) is 11.0 Å². The molecule has 0 saturated carbocycles. The predicted molar refractivity (Wildman–Crippen MR) is 95.7 cm³/mol. The molecule has 0 radical (unpaired) electrons. The van der Waals surface area contributed by atoms with E-state index in [0.29, 0.717) is 0 Å². The number of anilines is 1. The van der Waals surface area contributed by atoms with Crippen molar-refractivity contribution in [1.82, 2.24) is 0 Å². The number of carbonyl (C=O) groups is 2. The Bertz CT molecular complexity index is 668. The lowest BCUT2D eigenvalue weighted by atomic mass is 10.1. The summed E-state index contributed by atoms with van der Waals surface area (Å²) in [7, 11) is 0. The highest BCUT2D eigenvalue weighted by Crippen LogP contribution is 2.25. The topological polar surface area (TPSA) is 37.4 Å². The van der Waals surface area contributed by atoms with Gasteiger partial charge >= 0.3 is 0 Å². The molecule has 23 heavy (non-hydrogen) atoms. The summed E-state index contributed by atoms with van der Waals surface area (Å²) in [6.07, 6.45) is 0.943. The van der Waals surface area contributed by atoms with Gasteiger partial charge in [0.2, 0.25) is 11.0 Å². The molecule has 0 aliphatic carbocycles. The number of benzene rings is 2. The summed E-state index contributed by atoms with van der Waals surface area (Å²) in [6.45, 7) is 5.35. The number of carbonyl (C=O) groups excluding carboxylic acids is 2. The van der Waals surface area contributed by atoms with E-state index in [1.807, 2.05) is 54.6 Å². The molecule has 2 aromatic carbocycles. The molecule has 0 saturated heterocycles. The molecule has 120 valence electrons. The number of hydrogen-bond acceptors (Lipinski definition) is 3. The SMILES string of the molecule is CCc1ccc(N(C(C)=O)C(C)C(=O)Sc2ccccc2)cc1. The smallest absolute Gasteiger partial charge is 0.224 e. The number of aryl methyl sites for hydroxylation is 1. The van der Waals surface area contributed by atoms with Crippen molar-refractivity contribution in [2.75, 3.05) is 4.90 Å². The minimum absolute atomic E-state index is 0.0500. The van der Waals surface area contributed by atoms with Gasteiger partial charge in [-0.1, -0.05) is 37.3 Å². The zero-order valence-electron chi connectivity index (χ0n) is 13.7. The number of thioether (sulfide) groups is 1. The van der Waals surface area contributed by atoms with Gasteiger partial charge in [-0.2, -0.15) is 0 Å². The molecule has 0 heterocycles. The summed E-state index contributed by atoms with van der Waals surface area (Å²) in [5.41, 5.74) is 1.96. The van der Waals surface area contributed by atoms with E-state index < -0.39 is 6.04 Å². The monoisotopic (exact) mass is 327 g/mol. The third-order valence-corrected chi connectivity index (χ3v) is 4.70. The summed E-state index contributed by atoms with van der Waals surface area (Å²) in [6, 6.07) is 16.7. The lowest BCUT2D eigenvalue weighted by molar-refractivity contribution is -0.120. The van der Waals surface area contributed by atoms with E-state index in [4.69, 9.17) is 0 Å². The van der Waals surface area contributed by atoms with Crippen LogP contribution in [-0.2, 0) is 16.0 Å². The third kappa shape index (κ3) is 4.45. The van der Waals surface area contributed by atoms with Crippen LogP contribution in [0.15, 0.2) is 59.5 Å². The highest BCUT2D eigenvalue weighted by atomic mass is 32.2. The lowest BCUT2D eigenvalue weighted by Crippen LogP contribution is -2.41. The molecule has 0 N–H and O–H groups in total. The predicted octanol–water partition coefficient (Wildman–Crippen LogP) is 4.31. The van der Waals surface area contributed by atoms with E-state index in [1.165, 1.54) is 24.2 Å². The number of hydrogen-bond donors (Lipinski definition) is 0. The maximum Gasteiger partial charge on any atom is 0.224 e. The Kier molecular flexibility index (Phi) is 5.99. The quantitative estimate of drug-likeness (QED) is 0.768. The minimum Gasteiger partial charge on any atom is -0.302 e. The average Bonchev–Trinajstić information content (AvgIpc) is 2.56. The molecule has 0 aliphatic heterocycles. The maximum atomic E-state index is 12.5. The summed E-state index contributed by atoms with van der Waals surface area (Å²) in [5.74, 6) is -0.135. The second kappa shape index (κ2) is 7.97. The second-order valence-electron chi connectivity index (χ2n) is 5.32. The highest BCUT2D eigenvalue weighted by Gasteiger charge is 2.25. The fourth-order valence-corrected chi connectivity index (χ4v) is 3.17. The highest BCUT2D eigenvalue weighted by molar-refractivity contribution is 8.13. The Labute approximate surface area is 141 Å². The van der Waals surface area contributed by atoms with Crippen LogP contribution in [0.25, 0.3) is 0 Å². The van der Waals surface area contributed by atoms with Crippen LogP contribution in [0.3, 0.4) is 0 Å². The molecule has 3 nitrogen and oxygen atoms in total. The van der Waals surface area contributed by atoms with Crippen LogP contribution < -0.4 is 4.90 Å². The summed E-state index contributed by atoms with van der Waals surface area (Å²) in [5, 5.41) is -0.0500. The van der Waals surface area contributed by atoms with Crippen molar-refractivity contribution < 1.29 is 9.59 Å². The average molecular weight is 327 g/mol. The standard InChI is InChI=1S/C19H21NO2S/c1-4-16-10-12-17(13-11-16)20(15(3)21)14(2)19(22)23-18-8-6-5-7-9-18/h5-14H,4H2,1-3H3. The summed E-state index contributed by atoms with van der Waals surface area (Å²) < 4.78 is 0. The molecule has 2 rings (SSSR count). The molecule has 1 amide bonds. The zero-order chi connectivity index (χ0) is 16.8. The van der Waals surface area contributed by atoms with E-state index >= 15 is 0 Å². The van der Waals surface area contributed by atoms with Crippen LogP contribution >= 0.6 is 11.8 Å². The molecular weight excluding hydrogens is 306 g/mol. The lowest BCUT2D eigenvalue weighted by Gasteiger charge is -2.27. The van der Waals surface area contributed by atoms with Crippen molar-refractivity contribution in [3.63, 3.8) is 0 Å². The van der Waals surface area contributed by atoms with Crippen molar-refractivity contribution >= 4 is 28.5 Å². The Morgan fingerprint density at radius 1 is 1.04 bits per heavy atom. The Balaban J connectivity index is 2.18. The van der Waals surface area contributed by atoms with Crippen LogP contribution in [0, 0.1) is 0 Å². The third-order valence-electron chi connectivity index (χ3n) is 3.65. The minimum atomic E-state index is -0.523. The first kappa shape index (κ1) is 17.3. The first-order chi connectivity index (χ1) is 11.0. The van der Waals surface area contributed by atoms with Gasteiger partial charge in [0.1, 0.15) is 6.04 Å². The van der Waals surface area contributed by atoms with Gasteiger partial charge in [-0.3, -0.25) is 9.59 Å². The van der Waals surface area contributed by atoms with Crippen molar-refractivity contribution in [3.05, 3.63) is 60.2 Å². The molecule has 0 aromatic heterocycles. The number of nitrogens with zero attached hydrogens (tertiary/aromatic N) is 1. The van der Waals surface area contributed by atoms with Gasteiger partial charge in [-0.05, 0) is 54.9 Å². The molecule has 1 atom stereocenters. The summed E-state index contributed by atoms with van der Waals surface area (Å²) >= 11 is 1.17. The molecule has 2 aromatic rings. The molecule has 0 spiro atoms. The van der Waals surface area contributed by atoms with Gasteiger partial charge in [-0.15, -0.1) is 0 Å². The van der Waals surface area contributed by atoms with Crippen LogP contribution in [0.4, 0.5) is 5.69 Å². The molecule has 1 unspecified atom stereocenters. The van der Waals surface area contributed by atoms with Gasteiger partial charge in [-0.25, -0.2) is 0 Å². The fraction of sp³-hybridized carbons (Fsp3) is 0.263. The van der Waals surface area contributed by atoms with E-state index in [1.54, 1.807) is 11.8 Å². The Morgan fingerprint density at radius 2 is 1.65 bits per heavy atom. The van der Waals surface area contributed by atoms with Gasteiger partial charge < -0.3 is 4.90 Å². The van der Waals surface area contributed by atoms with Crippen LogP contribution in [-0.4, -0.2) is 17.1 Å². The zero-order valence-corrected chi connectivity index (χ0v) is 14.5. The van der Waals surface area contributed by atoms with Crippen molar-refractivity contribution in [1.29, 1.82) is 0 Å². The number of rotatable bonds is 5.